The molecule has 8 nitrogen and oxygen atoms in total. The molecular formula is C13H15N5O3. The molecule has 21 heavy (non-hydrogen) atoms. The van der Waals surface area contributed by atoms with Gasteiger partial charge in [0.25, 0.3) is 5.91 Å². The maximum Gasteiger partial charge on any atom is 0.304 e. The van der Waals surface area contributed by atoms with Crippen LogP contribution in [0.3, 0.4) is 0 Å². The van der Waals surface area contributed by atoms with Crippen LogP contribution in [-0.2, 0) is 13.5 Å². The van der Waals surface area contributed by atoms with E-state index in [1.54, 1.807) is 12.4 Å². The van der Waals surface area contributed by atoms with Crippen LogP contribution in [0.5, 0.6) is 0 Å². The van der Waals surface area contributed by atoms with E-state index in [9.17, 15) is 14.9 Å². The lowest BCUT2D eigenvalue weighted by atomic mass is 10.1. The molecule has 2 aromatic rings. The smallest absolute Gasteiger partial charge is 0.304 e. The number of anilines is 1. The van der Waals surface area contributed by atoms with Crippen LogP contribution in [0.25, 0.3) is 0 Å². The van der Waals surface area contributed by atoms with E-state index in [0.29, 0.717) is 13.0 Å². The van der Waals surface area contributed by atoms with E-state index in [1.807, 2.05) is 11.6 Å². The second-order valence-corrected chi connectivity index (χ2v) is 4.46. The van der Waals surface area contributed by atoms with Crippen molar-refractivity contribution in [3.63, 3.8) is 0 Å². The molecule has 0 aliphatic rings. The fraction of sp³-hybridized carbons (Fsp3) is 0.231. The van der Waals surface area contributed by atoms with Crippen LogP contribution in [0.15, 0.2) is 30.6 Å². The van der Waals surface area contributed by atoms with E-state index in [0.717, 1.165) is 5.82 Å². The molecule has 0 aliphatic carbocycles. The Kier molecular flexibility index (Phi) is 4.17. The molecule has 0 spiro atoms. The number of benzene rings is 1. The molecule has 1 aromatic heterocycles. The minimum Gasteiger partial charge on any atom is -0.393 e. The van der Waals surface area contributed by atoms with Crippen molar-refractivity contribution in [2.45, 2.75) is 6.42 Å². The number of nitrogens with two attached hydrogens (primary N) is 1. The molecule has 1 heterocycles. The monoisotopic (exact) mass is 289 g/mol. The Morgan fingerprint density at radius 3 is 2.90 bits per heavy atom. The first-order chi connectivity index (χ1) is 10.0. The number of hydrogen-bond donors (Lipinski definition) is 2. The number of hydrogen-bond acceptors (Lipinski definition) is 5. The summed E-state index contributed by atoms with van der Waals surface area (Å²) in [5.74, 6) is 0.292. The highest BCUT2D eigenvalue weighted by Gasteiger charge is 2.22. The highest BCUT2D eigenvalue weighted by molar-refractivity contribution is 6.00. The predicted molar refractivity (Wildman–Crippen MR) is 76.8 cm³/mol. The van der Waals surface area contributed by atoms with Gasteiger partial charge in [0.2, 0.25) is 0 Å². The highest BCUT2D eigenvalue weighted by Crippen LogP contribution is 2.25. The Morgan fingerprint density at radius 1 is 1.52 bits per heavy atom. The highest BCUT2D eigenvalue weighted by atomic mass is 16.6. The molecule has 0 unspecified atom stereocenters. The number of imidazole rings is 1. The fourth-order valence-corrected chi connectivity index (χ4v) is 1.97. The lowest BCUT2D eigenvalue weighted by molar-refractivity contribution is -0.384. The molecule has 1 amide bonds. The Bertz CT molecular complexity index is 680. The molecular weight excluding hydrogens is 274 g/mol. The number of nitro groups is 1. The van der Waals surface area contributed by atoms with Crippen molar-refractivity contribution in [2.75, 3.05) is 12.3 Å². The van der Waals surface area contributed by atoms with Gasteiger partial charge >= 0.3 is 5.69 Å². The van der Waals surface area contributed by atoms with Crippen molar-refractivity contribution in [1.29, 1.82) is 0 Å². The van der Waals surface area contributed by atoms with E-state index in [4.69, 9.17) is 5.73 Å². The summed E-state index contributed by atoms with van der Waals surface area (Å²) >= 11 is 0. The summed E-state index contributed by atoms with van der Waals surface area (Å²) < 4.78 is 1.84. The van der Waals surface area contributed by atoms with Crippen molar-refractivity contribution in [1.82, 2.24) is 14.9 Å². The first kappa shape index (κ1) is 14.5. The lowest BCUT2D eigenvalue weighted by Crippen LogP contribution is -2.27. The molecule has 0 bridgehead atoms. The standard InChI is InChI=1S/C13H15N5O3/c1-17-8-7-15-11(17)5-6-16-13(19)9-3-2-4-10(14)12(9)18(20)21/h2-4,7-8H,5-6,14H2,1H3,(H,16,19). The number of nitrogens with one attached hydrogen (secondary N) is 1. The Balaban J connectivity index is 2.06. The van der Waals surface area contributed by atoms with Crippen LogP contribution in [0, 0.1) is 10.1 Å². The van der Waals surface area contributed by atoms with Gasteiger partial charge in [0.15, 0.2) is 0 Å². The average molecular weight is 289 g/mol. The molecule has 110 valence electrons. The number of carbonyl (C=O) groups excluding carboxylic acids is 1. The number of para-hydroxylation sites is 1. The molecule has 0 radical (unpaired) electrons. The maximum atomic E-state index is 12.0. The van der Waals surface area contributed by atoms with Crippen LogP contribution < -0.4 is 11.1 Å². The van der Waals surface area contributed by atoms with Crippen LogP contribution in [-0.4, -0.2) is 26.9 Å². The zero-order chi connectivity index (χ0) is 15.4. The zero-order valence-corrected chi connectivity index (χ0v) is 11.4. The van der Waals surface area contributed by atoms with Crippen molar-refractivity contribution in [2.24, 2.45) is 7.05 Å². The molecule has 0 aliphatic heterocycles. The summed E-state index contributed by atoms with van der Waals surface area (Å²) in [5, 5.41) is 13.6. The van der Waals surface area contributed by atoms with Gasteiger partial charge in [-0.3, -0.25) is 14.9 Å². The molecule has 0 saturated carbocycles. The van der Waals surface area contributed by atoms with Crippen LogP contribution in [0.2, 0.25) is 0 Å². The molecule has 2 rings (SSSR count). The molecule has 0 fully saturated rings. The lowest BCUT2D eigenvalue weighted by Gasteiger charge is -2.07. The van der Waals surface area contributed by atoms with Crippen molar-refractivity contribution < 1.29 is 9.72 Å². The minimum atomic E-state index is -0.650. The zero-order valence-electron chi connectivity index (χ0n) is 11.4. The van der Waals surface area contributed by atoms with Gasteiger partial charge in [-0.2, -0.15) is 0 Å². The Labute approximate surface area is 120 Å². The first-order valence-electron chi connectivity index (χ1n) is 6.28. The second kappa shape index (κ2) is 6.04. The van der Waals surface area contributed by atoms with Crippen LogP contribution in [0.4, 0.5) is 11.4 Å². The van der Waals surface area contributed by atoms with Crippen molar-refractivity contribution >= 4 is 17.3 Å². The van der Waals surface area contributed by atoms with E-state index >= 15 is 0 Å². The summed E-state index contributed by atoms with van der Waals surface area (Å²) in [4.78, 5) is 26.5. The van der Waals surface area contributed by atoms with Crippen LogP contribution in [0.1, 0.15) is 16.2 Å². The summed E-state index contributed by atoms with van der Waals surface area (Å²) in [7, 11) is 1.85. The molecule has 0 atom stereocenters. The maximum absolute atomic E-state index is 12.0. The Hall–Kier alpha value is -2.90. The summed E-state index contributed by atoms with van der Waals surface area (Å²) in [6, 6.07) is 4.28. The topological polar surface area (TPSA) is 116 Å². The fourth-order valence-electron chi connectivity index (χ4n) is 1.97. The quantitative estimate of drug-likeness (QED) is 0.481. The second-order valence-electron chi connectivity index (χ2n) is 4.46. The van der Waals surface area contributed by atoms with E-state index in [2.05, 4.69) is 10.3 Å². The normalized spacial score (nSPS) is 10.3. The van der Waals surface area contributed by atoms with E-state index in [-0.39, 0.29) is 16.9 Å². The number of nitrogen functional groups attached to an aromatic ring is 1. The number of nitro benzene ring substituents is 1. The summed E-state index contributed by atoms with van der Waals surface area (Å²) in [5.41, 5.74) is 5.11. The average Bonchev–Trinajstić information content (AvgIpc) is 2.83. The SMILES string of the molecule is Cn1ccnc1CCNC(=O)c1cccc(N)c1[N+](=O)[O-]. The van der Waals surface area contributed by atoms with Crippen LogP contribution >= 0.6 is 0 Å². The summed E-state index contributed by atoms with van der Waals surface area (Å²) in [6.45, 7) is 0.329. The first-order valence-corrected chi connectivity index (χ1v) is 6.28. The molecule has 1 aromatic carbocycles. The van der Waals surface area contributed by atoms with Gasteiger partial charge in [0.1, 0.15) is 17.1 Å². The van der Waals surface area contributed by atoms with E-state index < -0.39 is 10.8 Å². The number of nitrogens with zero attached hydrogens (tertiary/aromatic N) is 3. The minimum absolute atomic E-state index is 0.0308. The van der Waals surface area contributed by atoms with E-state index in [1.165, 1.54) is 18.2 Å². The number of aryl methyl sites for hydroxylation is 1. The van der Waals surface area contributed by atoms with Gasteiger partial charge < -0.3 is 15.6 Å². The van der Waals surface area contributed by atoms with Crippen molar-refractivity contribution in [3.05, 3.63) is 52.1 Å². The number of aromatic nitrogens is 2. The number of carbonyl (C=O) groups is 1. The van der Waals surface area contributed by atoms with Gasteiger partial charge in [-0.05, 0) is 12.1 Å². The largest absolute Gasteiger partial charge is 0.393 e. The molecule has 0 saturated heterocycles. The van der Waals surface area contributed by atoms with Gasteiger partial charge in [0, 0.05) is 32.4 Å². The molecule has 3 N–H and O–H groups in total. The third kappa shape index (κ3) is 3.16. The Morgan fingerprint density at radius 2 is 2.29 bits per heavy atom. The molecule has 8 heteroatoms. The van der Waals surface area contributed by atoms with Crippen molar-refractivity contribution in [3.8, 4) is 0 Å². The van der Waals surface area contributed by atoms with Gasteiger partial charge in [-0.15, -0.1) is 0 Å². The number of amides is 1. The third-order valence-electron chi connectivity index (χ3n) is 3.05. The predicted octanol–water partition coefficient (Wildman–Crippen LogP) is 0.883. The number of rotatable bonds is 5. The third-order valence-corrected chi connectivity index (χ3v) is 3.05. The summed E-state index contributed by atoms with van der Waals surface area (Å²) in [6.07, 6.45) is 4.01. The van der Waals surface area contributed by atoms with Gasteiger partial charge in [-0.1, -0.05) is 6.07 Å². The van der Waals surface area contributed by atoms with Gasteiger partial charge in [0.05, 0.1) is 4.92 Å². The van der Waals surface area contributed by atoms with Gasteiger partial charge in [-0.25, -0.2) is 4.98 Å².